The number of hydrogen-bond donors (Lipinski definition) is 1. The topological polar surface area (TPSA) is 54.9 Å². The molecule has 92 valence electrons. The Labute approximate surface area is 118 Å². The van der Waals surface area contributed by atoms with Gasteiger partial charge in [0.1, 0.15) is 17.3 Å². The molecule has 0 radical (unpaired) electrons. The van der Waals surface area contributed by atoms with Crippen molar-refractivity contribution in [3.05, 3.63) is 51.3 Å². The second kappa shape index (κ2) is 5.46. The van der Waals surface area contributed by atoms with E-state index in [9.17, 15) is 4.79 Å². The van der Waals surface area contributed by atoms with Crippen LogP contribution in [-0.4, -0.2) is 15.9 Å². The summed E-state index contributed by atoms with van der Waals surface area (Å²) in [5.41, 5.74) is 1.45. The van der Waals surface area contributed by atoms with Crippen molar-refractivity contribution in [2.24, 2.45) is 0 Å². The predicted octanol–water partition coefficient (Wildman–Crippen LogP) is 3.45. The van der Waals surface area contributed by atoms with Gasteiger partial charge in [-0.25, -0.2) is 9.97 Å². The smallest absolute Gasteiger partial charge is 0.257 e. The maximum absolute atomic E-state index is 12.1. The van der Waals surface area contributed by atoms with Crippen LogP contribution in [0.3, 0.4) is 0 Å². The summed E-state index contributed by atoms with van der Waals surface area (Å²) in [6, 6.07) is 6.93. The zero-order chi connectivity index (χ0) is 13.1. The van der Waals surface area contributed by atoms with Gasteiger partial charge in [-0.15, -0.1) is 0 Å². The van der Waals surface area contributed by atoms with Crippen molar-refractivity contribution < 1.29 is 4.79 Å². The number of halogens is 2. The van der Waals surface area contributed by atoms with Gasteiger partial charge in [-0.2, -0.15) is 0 Å². The zero-order valence-corrected chi connectivity index (χ0v) is 11.8. The summed E-state index contributed by atoms with van der Waals surface area (Å²) < 4.78 is 0.885. The van der Waals surface area contributed by atoms with Crippen LogP contribution in [-0.2, 0) is 0 Å². The standard InChI is InChI=1S/C12H9BrClN3O/c1-7-8(3-2-4-9(7)13)12(18)17-11-5-10(14)15-6-16-11/h2-6H,1H3,(H,15,16,17,18). The first-order valence-corrected chi connectivity index (χ1v) is 6.29. The number of rotatable bonds is 2. The number of carbonyl (C=O) groups is 1. The van der Waals surface area contributed by atoms with Gasteiger partial charge in [0.25, 0.3) is 5.91 Å². The molecule has 0 fully saturated rings. The molecular formula is C12H9BrClN3O. The van der Waals surface area contributed by atoms with Gasteiger partial charge in [-0.3, -0.25) is 4.79 Å². The Kier molecular flexibility index (Phi) is 3.93. The largest absolute Gasteiger partial charge is 0.306 e. The number of anilines is 1. The molecule has 0 saturated heterocycles. The lowest BCUT2D eigenvalue weighted by atomic mass is 10.1. The zero-order valence-electron chi connectivity index (χ0n) is 9.45. The van der Waals surface area contributed by atoms with Gasteiger partial charge < -0.3 is 5.32 Å². The first-order chi connectivity index (χ1) is 8.58. The molecule has 0 saturated carbocycles. The summed E-state index contributed by atoms with van der Waals surface area (Å²) in [7, 11) is 0. The molecule has 0 unspecified atom stereocenters. The number of benzene rings is 1. The molecular weight excluding hydrogens is 318 g/mol. The van der Waals surface area contributed by atoms with E-state index in [0.29, 0.717) is 11.4 Å². The average Bonchev–Trinajstić information content (AvgIpc) is 2.32. The summed E-state index contributed by atoms with van der Waals surface area (Å²) in [6.45, 7) is 1.87. The first-order valence-electron chi connectivity index (χ1n) is 5.12. The van der Waals surface area contributed by atoms with Crippen molar-refractivity contribution in [1.82, 2.24) is 9.97 Å². The highest BCUT2D eigenvalue weighted by atomic mass is 79.9. The SMILES string of the molecule is Cc1c(Br)cccc1C(=O)Nc1cc(Cl)ncn1. The molecule has 6 heteroatoms. The Morgan fingerprint density at radius 2 is 2.17 bits per heavy atom. The predicted molar refractivity (Wildman–Crippen MR) is 73.9 cm³/mol. The van der Waals surface area contributed by atoms with Gasteiger partial charge in [0, 0.05) is 16.1 Å². The minimum Gasteiger partial charge on any atom is -0.306 e. The number of nitrogens with zero attached hydrogens (tertiary/aromatic N) is 2. The molecule has 0 bridgehead atoms. The Morgan fingerprint density at radius 3 is 2.89 bits per heavy atom. The van der Waals surface area contributed by atoms with Crippen LogP contribution in [0.5, 0.6) is 0 Å². The van der Waals surface area contributed by atoms with Crippen molar-refractivity contribution in [2.75, 3.05) is 5.32 Å². The van der Waals surface area contributed by atoms with Crippen molar-refractivity contribution in [3.63, 3.8) is 0 Å². The van der Waals surface area contributed by atoms with Gasteiger partial charge >= 0.3 is 0 Å². The molecule has 4 nitrogen and oxygen atoms in total. The molecule has 0 aliphatic carbocycles. The van der Waals surface area contributed by atoms with Gasteiger partial charge in [-0.05, 0) is 24.6 Å². The molecule has 1 N–H and O–H groups in total. The van der Waals surface area contributed by atoms with Gasteiger partial charge in [0.15, 0.2) is 0 Å². The van der Waals surface area contributed by atoms with E-state index in [1.165, 1.54) is 12.4 Å². The van der Waals surface area contributed by atoms with Crippen molar-refractivity contribution in [2.45, 2.75) is 6.92 Å². The van der Waals surface area contributed by atoms with E-state index >= 15 is 0 Å². The molecule has 0 atom stereocenters. The molecule has 1 amide bonds. The number of nitrogens with one attached hydrogen (secondary N) is 1. The van der Waals surface area contributed by atoms with E-state index in [2.05, 4.69) is 31.2 Å². The van der Waals surface area contributed by atoms with Crippen LogP contribution in [0.25, 0.3) is 0 Å². The molecule has 0 spiro atoms. The Bertz CT molecular complexity index is 604. The maximum atomic E-state index is 12.1. The number of amides is 1. The lowest BCUT2D eigenvalue weighted by Gasteiger charge is -2.08. The van der Waals surface area contributed by atoms with Crippen LogP contribution in [0.15, 0.2) is 35.1 Å². The summed E-state index contributed by atoms with van der Waals surface area (Å²) in [5, 5.41) is 2.96. The molecule has 18 heavy (non-hydrogen) atoms. The van der Waals surface area contributed by atoms with Crippen molar-refractivity contribution >= 4 is 39.3 Å². The highest BCUT2D eigenvalue weighted by Crippen LogP contribution is 2.20. The van der Waals surface area contributed by atoms with Crippen molar-refractivity contribution in [1.29, 1.82) is 0 Å². The van der Waals surface area contributed by atoms with Crippen LogP contribution in [0, 0.1) is 6.92 Å². The fourth-order valence-corrected chi connectivity index (χ4v) is 1.95. The van der Waals surface area contributed by atoms with E-state index in [0.717, 1.165) is 10.0 Å². The van der Waals surface area contributed by atoms with E-state index < -0.39 is 0 Å². The third-order valence-corrected chi connectivity index (χ3v) is 3.45. The number of carbonyl (C=O) groups excluding carboxylic acids is 1. The van der Waals surface area contributed by atoms with Crippen LogP contribution in [0.2, 0.25) is 5.15 Å². The quantitative estimate of drug-likeness (QED) is 0.860. The molecule has 1 aromatic carbocycles. The Hall–Kier alpha value is -1.46. The van der Waals surface area contributed by atoms with Gasteiger partial charge in [-0.1, -0.05) is 33.6 Å². The second-order valence-corrected chi connectivity index (χ2v) is 4.83. The van der Waals surface area contributed by atoms with Gasteiger partial charge in [0.2, 0.25) is 0 Å². The van der Waals surface area contributed by atoms with Crippen LogP contribution in [0.1, 0.15) is 15.9 Å². The minimum absolute atomic E-state index is 0.233. The molecule has 2 aromatic rings. The van der Waals surface area contributed by atoms with Crippen LogP contribution < -0.4 is 5.32 Å². The molecule has 0 aliphatic rings. The van der Waals surface area contributed by atoms with Crippen LogP contribution in [0.4, 0.5) is 5.82 Å². The Balaban J connectivity index is 2.25. The van der Waals surface area contributed by atoms with E-state index in [4.69, 9.17) is 11.6 Å². The average molecular weight is 327 g/mol. The minimum atomic E-state index is -0.233. The highest BCUT2D eigenvalue weighted by molar-refractivity contribution is 9.10. The Morgan fingerprint density at radius 1 is 1.39 bits per heavy atom. The summed E-state index contributed by atoms with van der Waals surface area (Å²) >= 11 is 9.11. The molecule has 2 rings (SSSR count). The monoisotopic (exact) mass is 325 g/mol. The van der Waals surface area contributed by atoms with Crippen LogP contribution >= 0.6 is 27.5 Å². The molecule has 1 aromatic heterocycles. The molecule has 0 aliphatic heterocycles. The maximum Gasteiger partial charge on any atom is 0.257 e. The van der Waals surface area contributed by atoms with E-state index in [1.807, 2.05) is 13.0 Å². The summed E-state index contributed by atoms with van der Waals surface area (Å²) in [4.78, 5) is 19.7. The normalized spacial score (nSPS) is 10.2. The second-order valence-electron chi connectivity index (χ2n) is 3.59. The first kappa shape index (κ1) is 13.0. The lowest BCUT2D eigenvalue weighted by molar-refractivity contribution is 0.102. The highest BCUT2D eigenvalue weighted by Gasteiger charge is 2.11. The third-order valence-electron chi connectivity index (χ3n) is 2.39. The summed E-state index contributed by atoms with van der Waals surface area (Å²) in [5.74, 6) is 0.142. The number of aromatic nitrogens is 2. The van der Waals surface area contributed by atoms with E-state index in [1.54, 1.807) is 12.1 Å². The fraction of sp³-hybridized carbons (Fsp3) is 0.0833. The third kappa shape index (κ3) is 2.86. The lowest BCUT2D eigenvalue weighted by Crippen LogP contribution is -2.14. The van der Waals surface area contributed by atoms with Crippen molar-refractivity contribution in [3.8, 4) is 0 Å². The van der Waals surface area contributed by atoms with E-state index in [-0.39, 0.29) is 11.1 Å². The fourth-order valence-electron chi connectivity index (χ4n) is 1.44. The van der Waals surface area contributed by atoms with Gasteiger partial charge in [0.05, 0.1) is 0 Å². The number of hydrogen-bond acceptors (Lipinski definition) is 3. The summed E-state index contributed by atoms with van der Waals surface area (Å²) in [6.07, 6.45) is 1.30. The molecule has 1 heterocycles.